The fourth-order valence-corrected chi connectivity index (χ4v) is 3.31. The van der Waals surface area contributed by atoms with Crippen molar-refractivity contribution in [2.45, 2.75) is 45.1 Å². The smallest absolute Gasteiger partial charge is 0.191 e. The normalized spacial score (nSPS) is 21.3. The summed E-state index contributed by atoms with van der Waals surface area (Å²) in [6.07, 6.45) is 7.94. The topological polar surface area (TPSA) is 66.6 Å². The molecular formula is C17H27IN6. The van der Waals surface area contributed by atoms with Crippen LogP contribution in [0.25, 0.3) is 5.65 Å². The molecule has 1 aliphatic rings. The number of aliphatic imine (C=N–C) groups is 1. The average molecular weight is 442 g/mol. The van der Waals surface area contributed by atoms with E-state index in [9.17, 15) is 0 Å². The van der Waals surface area contributed by atoms with Gasteiger partial charge in [-0.3, -0.25) is 9.39 Å². The van der Waals surface area contributed by atoms with E-state index in [-0.39, 0.29) is 24.0 Å². The van der Waals surface area contributed by atoms with Crippen molar-refractivity contribution in [2.24, 2.45) is 10.9 Å². The van der Waals surface area contributed by atoms with E-state index in [1.54, 1.807) is 0 Å². The summed E-state index contributed by atoms with van der Waals surface area (Å²) in [5, 5.41) is 15.4. The molecule has 0 aliphatic heterocycles. The molecule has 0 amide bonds. The van der Waals surface area contributed by atoms with E-state index < -0.39 is 0 Å². The SMILES string of the molecule is CN=C(NCCc1nnc2ccccn12)NC1CCCC(C)C1.I. The maximum absolute atomic E-state index is 4.34. The van der Waals surface area contributed by atoms with Crippen molar-refractivity contribution in [3.05, 3.63) is 30.2 Å². The second-order valence-corrected chi connectivity index (χ2v) is 6.41. The third kappa shape index (κ3) is 4.81. The minimum Gasteiger partial charge on any atom is -0.356 e. The maximum Gasteiger partial charge on any atom is 0.191 e. The molecule has 3 rings (SSSR count). The molecule has 132 valence electrons. The first-order valence-electron chi connectivity index (χ1n) is 8.52. The lowest BCUT2D eigenvalue weighted by molar-refractivity contribution is 0.324. The Morgan fingerprint density at radius 1 is 1.33 bits per heavy atom. The van der Waals surface area contributed by atoms with Crippen LogP contribution in [-0.2, 0) is 6.42 Å². The predicted molar refractivity (Wildman–Crippen MR) is 108 cm³/mol. The highest BCUT2D eigenvalue weighted by Crippen LogP contribution is 2.23. The van der Waals surface area contributed by atoms with Gasteiger partial charge in [0.2, 0.25) is 0 Å². The molecule has 1 fully saturated rings. The molecule has 7 heteroatoms. The molecule has 0 aromatic carbocycles. The number of rotatable bonds is 4. The highest BCUT2D eigenvalue weighted by molar-refractivity contribution is 14.0. The first kappa shape index (κ1) is 19.0. The van der Waals surface area contributed by atoms with Gasteiger partial charge in [0.25, 0.3) is 0 Å². The number of hydrogen-bond donors (Lipinski definition) is 2. The summed E-state index contributed by atoms with van der Waals surface area (Å²) in [6.45, 7) is 3.12. The fourth-order valence-electron chi connectivity index (χ4n) is 3.31. The van der Waals surface area contributed by atoms with Crippen LogP contribution in [0.1, 0.15) is 38.4 Å². The third-order valence-corrected chi connectivity index (χ3v) is 4.53. The van der Waals surface area contributed by atoms with Crippen molar-refractivity contribution in [1.29, 1.82) is 0 Å². The molecule has 0 radical (unpaired) electrons. The van der Waals surface area contributed by atoms with Crippen molar-refractivity contribution in [2.75, 3.05) is 13.6 Å². The number of guanidine groups is 1. The Balaban J connectivity index is 0.00000208. The van der Waals surface area contributed by atoms with Crippen molar-refractivity contribution >= 4 is 35.6 Å². The minimum atomic E-state index is 0. The Morgan fingerprint density at radius 3 is 3.00 bits per heavy atom. The van der Waals surface area contributed by atoms with Crippen LogP contribution in [0.15, 0.2) is 29.4 Å². The van der Waals surface area contributed by atoms with Gasteiger partial charge in [0.1, 0.15) is 5.82 Å². The summed E-state index contributed by atoms with van der Waals surface area (Å²) >= 11 is 0. The Morgan fingerprint density at radius 2 is 2.21 bits per heavy atom. The summed E-state index contributed by atoms with van der Waals surface area (Å²) < 4.78 is 2.03. The first-order chi connectivity index (χ1) is 11.3. The van der Waals surface area contributed by atoms with Gasteiger partial charge < -0.3 is 10.6 Å². The van der Waals surface area contributed by atoms with E-state index in [0.717, 1.165) is 36.3 Å². The molecule has 6 nitrogen and oxygen atoms in total. The summed E-state index contributed by atoms with van der Waals surface area (Å²) in [6, 6.07) is 6.48. The van der Waals surface area contributed by atoms with Crippen LogP contribution in [0, 0.1) is 5.92 Å². The van der Waals surface area contributed by atoms with Gasteiger partial charge in [-0.15, -0.1) is 34.2 Å². The molecule has 2 heterocycles. The zero-order valence-corrected chi connectivity index (χ0v) is 16.7. The number of halogens is 1. The van der Waals surface area contributed by atoms with Gasteiger partial charge >= 0.3 is 0 Å². The standard InChI is InChI=1S/C17H26N6.HI/c1-13-6-5-7-14(12-13)20-17(18-2)19-10-9-16-22-21-15-8-3-4-11-23(15)16;/h3-4,8,11,13-14H,5-7,9-10,12H2,1-2H3,(H2,18,19,20);1H. The van der Waals surface area contributed by atoms with E-state index in [2.05, 4.69) is 32.7 Å². The van der Waals surface area contributed by atoms with Crippen molar-refractivity contribution < 1.29 is 0 Å². The van der Waals surface area contributed by atoms with Crippen LogP contribution in [0.2, 0.25) is 0 Å². The highest BCUT2D eigenvalue weighted by atomic mass is 127. The molecule has 0 saturated heterocycles. The number of aromatic nitrogens is 3. The Bertz CT molecular complexity index is 668. The van der Waals surface area contributed by atoms with Gasteiger partial charge in [0.05, 0.1) is 0 Å². The van der Waals surface area contributed by atoms with Crippen molar-refractivity contribution in [1.82, 2.24) is 25.2 Å². The van der Waals surface area contributed by atoms with Crippen LogP contribution >= 0.6 is 24.0 Å². The summed E-state index contributed by atoms with van der Waals surface area (Å²) in [5.41, 5.74) is 0.890. The van der Waals surface area contributed by atoms with E-state index in [1.165, 1.54) is 25.7 Å². The molecule has 2 aromatic rings. The lowest BCUT2D eigenvalue weighted by Gasteiger charge is -2.28. The van der Waals surface area contributed by atoms with Crippen molar-refractivity contribution in [3.63, 3.8) is 0 Å². The minimum absolute atomic E-state index is 0. The lowest BCUT2D eigenvalue weighted by Crippen LogP contribution is -2.45. The predicted octanol–water partition coefficient (Wildman–Crippen LogP) is 2.63. The van der Waals surface area contributed by atoms with Gasteiger partial charge in [-0.25, -0.2) is 0 Å². The van der Waals surface area contributed by atoms with Crippen LogP contribution in [-0.4, -0.2) is 40.2 Å². The van der Waals surface area contributed by atoms with E-state index in [4.69, 9.17) is 0 Å². The zero-order valence-electron chi connectivity index (χ0n) is 14.4. The summed E-state index contributed by atoms with van der Waals surface area (Å²) in [7, 11) is 1.83. The second-order valence-electron chi connectivity index (χ2n) is 6.41. The number of nitrogens with zero attached hydrogens (tertiary/aromatic N) is 4. The molecule has 0 spiro atoms. The van der Waals surface area contributed by atoms with Crippen LogP contribution in [0.4, 0.5) is 0 Å². The number of hydrogen-bond acceptors (Lipinski definition) is 3. The van der Waals surface area contributed by atoms with Gasteiger partial charge in [0.15, 0.2) is 11.6 Å². The number of pyridine rings is 1. The van der Waals surface area contributed by atoms with Gasteiger partial charge in [0, 0.05) is 32.3 Å². The van der Waals surface area contributed by atoms with E-state index in [0.29, 0.717) is 6.04 Å². The van der Waals surface area contributed by atoms with Crippen LogP contribution in [0.5, 0.6) is 0 Å². The molecular weight excluding hydrogens is 415 g/mol. The second kappa shape index (κ2) is 9.19. The monoisotopic (exact) mass is 442 g/mol. The Labute approximate surface area is 160 Å². The van der Waals surface area contributed by atoms with E-state index in [1.807, 2.05) is 35.8 Å². The van der Waals surface area contributed by atoms with Crippen LogP contribution in [0.3, 0.4) is 0 Å². The van der Waals surface area contributed by atoms with Gasteiger partial charge in [-0.2, -0.15) is 0 Å². The van der Waals surface area contributed by atoms with Gasteiger partial charge in [-0.1, -0.05) is 25.8 Å². The molecule has 2 aromatic heterocycles. The van der Waals surface area contributed by atoms with Crippen LogP contribution < -0.4 is 10.6 Å². The molecule has 2 unspecified atom stereocenters. The lowest BCUT2D eigenvalue weighted by atomic mass is 9.87. The van der Waals surface area contributed by atoms with Gasteiger partial charge in [-0.05, 0) is 30.9 Å². The number of fused-ring (bicyclic) bond motifs is 1. The summed E-state index contributed by atoms with van der Waals surface area (Å²) in [5.74, 6) is 2.66. The highest BCUT2D eigenvalue weighted by Gasteiger charge is 2.19. The molecule has 2 N–H and O–H groups in total. The molecule has 1 saturated carbocycles. The molecule has 2 atom stereocenters. The third-order valence-electron chi connectivity index (χ3n) is 4.53. The average Bonchev–Trinajstić information content (AvgIpc) is 2.97. The quantitative estimate of drug-likeness (QED) is 0.434. The summed E-state index contributed by atoms with van der Waals surface area (Å²) in [4.78, 5) is 4.34. The zero-order chi connectivity index (χ0) is 16.1. The fraction of sp³-hybridized carbons (Fsp3) is 0.588. The molecule has 1 aliphatic carbocycles. The Kier molecular flexibility index (Phi) is 7.26. The number of nitrogens with one attached hydrogen (secondary N) is 2. The Hall–Kier alpha value is -1.38. The van der Waals surface area contributed by atoms with Crippen molar-refractivity contribution in [3.8, 4) is 0 Å². The molecule has 0 bridgehead atoms. The van der Waals surface area contributed by atoms with E-state index >= 15 is 0 Å². The first-order valence-corrected chi connectivity index (χ1v) is 8.52. The largest absolute Gasteiger partial charge is 0.356 e. The molecule has 24 heavy (non-hydrogen) atoms. The maximum atomic E-state index is 4.34.